The third kappa shape index (κ3) is 3.36. The maximum Gasteiger partial charge on any atom is 0.258 e. The molecule has 2 N–H and O–H groups in total. The van der Waals surface area contributed by atoms with E-state index in [9.17, 15) is 9.90 Å². The van der Waals surface area contributed by atoms with Gasteiger partial charge in [0.25, 0.3) is 5.91 Å². The molecule has 2 fully saturated rings. The number of aliphatic hydroxyl groups excluding tert-OH is 1. The Hall–Kier alpha value is -1.70. The van der Waals surface area contributed by atoms with Crippen LogP contribution in [0.5, 0.6) is 5.75 Å². The van der Waals surface area contributed by atoms with E-state index in [0.29, 0.717) is 25.3 Å². The summed E-state index contributed by atoms with van der Waals surface area (Å²) in [6.07, 6.45) is 4.43. The largest absolute Gasteiger partial charge is 0.505 e. The van der Waals surface area contributed by atoms with E-state index in [1.165, 1.54) is 6.20 Å². The maximum atomic E-state index is 13.1. The fourth-order valence-electron chi connectivity index (χ4n) is 4.15. The van der Waals surface area contributed by atoms with E-state index in [2.05, 4.69) is 4.98 Å². The van der Waals surface area contributed by atoms with Gasteiger partial charge in [0.05, 0.1) is 42.7 Å². The van der Waals surface area contributed by atoms with Crippen molar-refractivity contribution in [2.45, 2.75) is 50.4 Å². The number of aromatic hydroxyl groups is 1. The number of hydrogen-bond acceptors (Lipinski definition) is 6. The summed E-state index contributed by atoms with van der Waals surface area (Å²) in [7, 11) is 1.70. The van der Waals surface area contributed by atoms with Crippen LogP contribution in [0.1, 0.15) is 41.7 Å². The minimum Gasteiger partial charge on any atom is -0.505 e. The lowest BCUT2D eigenvalue weighted by Gasteiger charge is -2.43. The number of carbonyl (C=O) groups excluding carboxylic acids is 1. The van der Waals surface area contributed by atoms with Gasteiger partial charge in [0.1, 0.15) is 5.75 Å². The number of likely N-dealkylation sites (tertiary alicyclic amines) is 1. The van der Waals surface area contributed by atoms with Crippen molar-refractivity contribution in [2.24, 2.45) is 0 Å². The third-order valence-corrected chi connectivity index (χ3v) is 5.50. The number of amides is 1. The van der Waals surface area contributed by atoms with Gasteiger partial charge in [-0.3, -0.25) is 9.78 Å². The lowest BCUT2D eigenvalue weighted by molar-refractivity contribution is -0.0992. The van der Waals surface area contributed by atoms with Crippen LogP contribution in [0, 0.1) is 6.92 Å². The molecular formula is C18H26N2O5. The van der Waals surface area contributed by atoms with Crippen molar-refractivity contribution in [2.75, 3.05) is 26.9 Å². The Morgan fingerprint density at radius 3 is 3.00 bits per heavy atom. The first-order valence-electron chi connectivity index (χ1n) is 8.75. The van der Waals surface area contributed by atoms with Crippen LogP contribution in [0.25, 0.3) is 0 Å². The Balaban J connectivity index is 1.83. The quantitative estimate of drug-likeness (QED) is 0.831. The highest BCUT2D eigenvalue weighted by Gasteiger charge is 2.53. The molecule has 3 rings (SSSR count). The minimum atomic E-state index is -0.355. The molecule has 0 bridgehead atoms. The van der Waals surface area contributed by atoms with E-state index >= 15 is 0 Å². The van der Waals surface area contributed by atoms with E-state index < -0.39 is 0 Å². The molecule has 1 aromatic rings. The fourth-order valence-corrected chi connectivity index (χ4v) is 4.15. The molecule has 1 amide bonds. The standard InChI is InChI=1S/C18H26N2O5/c1-12-9-14(15(22)11-19-12)17(23)20-6-5-18(24-2)4-3-13(10-16(18)20)25-8-7-21/h9,11,13,16,21-22H,3-8,10H2,1-2H3/t13-,16+,18-/m1/s1. The molecule has 25 heavy (non-hydrogen) atoms. The zero-order valence-corrected chi connectivity index (χ0v) is 14.8. The number of aliphatic hydroxyl groups is 1. The Labute approximate surface area is 147 Å². The molecule has 2 heterocycles. The summed E-state index contributed by atoms with van der Waals surface area (Å²) in [4.78, 5) is 18.9. The highest BCUT2D eigenvalue weighted by molar-refractivity contribution is 5.97. The summed E-state index contributed by atoms with van der Waals surface area (Å²) in [6, 6.07) is 1.52. The van der Waals surface area contributed by atoms with Gasteiger partial charge in [0.15, 0.2) is 0 Å². The van der Waals surface area contributed by atoms with Gasteiger partial charge >= 0.3 is 0 Å². The smallest absolute Gasteiger partial charge is 0.258 e. The number of pyridine rings is 1. The monoisotopic (exact) mass is 350 g/mol. The second kappa shape index (κ2) is 7.27. The number of nitrogens with zero attached hydrogens (tertiary/aromatic N) is 2. The Bertz CT molecular complexity index is 638. The van der Waals surface area contributed by atoms with Crippen molar-refractivity contribution in [1.29, 1.82) is 0 Å². The van der Waals surface area contributed by atoms with Crippen molar-refractivity contribution >= 4 is 5.91 Å². The molecule has 1 saturated carbocycles. The van der Waals surface area contributed by atoms with Crippen molar-refractivity contribution in [1.82, 2.24) is 9.88 Å². The van der Waals surface area contributed by atoms with Crippen molar-refractivity contribution in [3.63, 3.8) is 0 Å². The van der Waals surface area contributed by atoms with E-state index in [0.717, 1.165) is 19.3 Å². The van der Waals surface area contributed by atoms with Gasteiger partial charge < -0.3 is 24.6 Å². The fraction of sp³-hybridized carbons (Fsp3) is 0.667. The molecule has 0 aromatic carbocycles. The lowest BCUT2D eigenvalue weighted by atomic mass is 9.79. The highest BCUT2D eigenvalue weighted by Crippen LogP contribution is 2.44. The molecule has 1 aliphatic heterocycles. The zero-order chi connectivity index (χ0) is 18.0. The van der Waals surface area contributed by atoms with Gasteiger partial charge in [-0.25, -0.2) is 0 Å². The second-order valence-electron chi connectivity index (χ2n) is 6.87. The van der Waals surface area contributed by atoms with Crippen molar-refractivity contribution < 1.29 is 24.5 Å². The number of methoxy groups -OCH3 is 1. The Kier molecular flexibility index (Phi) is 5.27. The number of carbonyl (C=O) groups is 1. The van der Waals surface area contributed by atoms with E-state index in [4.69, 9.17) is 14.6 Å². The first-order chi connectivity index (χ1) is 12.0. The van der Waals surface area contributed by atoms with E-state index in [1.54, 1.807) is 25.0 Å². The average molecular weight is 350 g/mol. The Morgan fingerprint density at radius 2 is 2.28 bits per heavy atom. The zero-order valence-electron chi connectivity index (χ0n) is 14.8. The number of hydrogen-bond donors (Lipinski definition) is 2. The Morgan fingerprint density at radius 1 is 1.48 bits per heavy atom. The number of aromatic nitrogens is 1. The minimum absolute atomic E-state index is 0.00148. The normalized spacial score (nSPS) is 28.8. The van der Waals surface area contributed by atoms with Gasteiger partial charge in [-0.05, 0) is 38.7 Å². The summed E-state index contributed by atoms with van der Waals surface area (Å²) in [5.41, 5.74) is 0.607. The third-order valence-electron chi connectivity index (χ3n) is 5.50. The summed E-state index contributed by atoms with van der Waals surface area (Å²) in [5.74, 6) is -0.302. The van der Waals surface area contributed by atoms with Crippen LogP contribution < -0.4 is 0 Å². The number of rotatable bonds is 5. The topological polar surface area (TPSA) is 92.1 Å². The van der Waals surface area contributed by atoms with Crippen LogP contribution in [-0.2, 0) is 9.47 Å². The van der Waals surface area contributed by atoms with Crippen LogP contribution >= 0.6 is 0 Å². The summed E-state index contributed by atoms with van der Waals surface area (Å²) in [6.45, 7) is 2.67. The summed E-state index contributed by atoms with van der Waals surface area (Å²) in [5, 5.41) is 19.0. The average Bonchev–Trinajstić information content (AvgIpc) is 3.00. The van der Waals surface area contributed by atoms with Gasteiger partial charge in [-0.2, -0.15) is 0 Å². The molecule has 1 saturated heterocycles. The molecule has 1 aliphatic carbocycles. The molecule has 7 heteroatoms. The van der Waals surface area contributed by atoms with Crippen LogP contribution in [0.3, 0.4) is 0 Å². The predicted molar refractivity (Wildman–Crippen MR) is 90.5 cm³/mol. The van der Waals surface area contributed by atoms with Gasteiger partial charge in [-0.1, -0.05) is 0 Å². The molecule has 1 aromatic heterocycles. The first kappa shape index (κ1) is 18.1. The highest BCUT2D eigenvalue weighted by atomic mass is 16.5. The number of ether oxygens (including phenoxy) is 2. The number of aryl methyl sites for hydroxylation is 1. The van der Waals surface area contributed by atoms with Crippen molar-refractivity contribution in [3.05, 3.63) is 23.5 Å². The second-order valence-corrected chi connectivity index (χ2v) is 6.87. The first-order valence-corrected chi connectivity index (χ1v) is 8.75. The van der Waals surface area contributed by atoms with E-state index in [-0.39, 0.29) is 41.6 Å². The lowest BCUT2D eigenvalue weighted by Crippen LogP contribution is -2.53. The van der Waals surface area contributed by atoms with Gasteiger partial charge in [0, 0.05) is 19.3 Å². The van der Waals surface area contributed by atoms with E-state index in [1.807, 2.05) is 0 Å². The maximum absolute atomic E-state index is 13.1. The van der Waals surface area contributed by atoms with Crippen LogP contribution in [0.15, 0.2) is 12.3 Å². The van der Waals surface area contributed by atoms with Crippen LogP contribution in [0.4, 0.5) is 0 Å². The molecular weight excluding hydrogens is 324 g/mol. The molecule has 0 spiro atoms. The molecule has 7 nitrogen and oxygen atoms in total. The SMILES string of the molecule is CO[C@@]12CC[C@@H](OCCO)C[C@@H]1N(C(=O)c1cc(C)ncc1O)CC2. The van der Waals surface area contributed by atoms with Crippen molar-refractivity contribution in [3.8, 4) is 5.75 Å². The molecule has 3 atom stereocenters. The van der Waals surface area contributed by atoms with Gasteiger partial charge in [0.2, 0.25) is 0 Å². The van der Waals surface area contributed by atoms with Crippen LogP contribution in [-0.4, -0.2) is 70.6 Å². The predicted octanol–water partition coefficient (Wildman–Crippen LogP) is 1.26. The molecule has 0 radical (unpaired) electrons. The molecule has 2 aliphatic rings. The number of fused-ring (bicyclic) bond motifs is 1. The van der Waals surface area contributed by atoms with Gasteiger partial charge in [-0.15, -0.1) is 0 Å². The molecule has 138 valence electrons. The summed E-state index contributed by atoms with van der Waals surface area (Å²) >= 11 is 0. The van der Waals surface area contributed by atoms with Crippen LogP contribution in [0.2, 0.25) is 0 Å². The molecule has 0 unspecified atom stereocenters. The summed E-state index contributed by atoms with van der Waals surface area (Å²) < 4.78 is 11.6.